The van der Waals surface area contributed by atoms with Crippen LogP contribution in [-0.4, -0.2) is 38.9 Å². The second kappa shape index (κ2) is 4.65. The number of hydrogen-bond donors (Lipinski definition) is 0. The summed E-state index contributed by atoms with van der Waals surface area (Å²) >= 11 is 0. The van der Waals surface area contributed by atoms with Crippen molar-refractivity contribution in [2.75, 3.05) is 13.1 Å². The van der Waals surface area contributed by atoms with Crippen molar-refractivity contribution in [3.8, 4) is 0 Å². The molecule has 0 spiro atoms. The first-order valence-corrected chi connectivity index (χ1v) is 7.17. The molecule has 1 aliphatic heterocycles. The predicted molar refractivity (Wildman–Crippen MR) is 73.3 cm³/mol. The van der Waals surface area contributed by atoms with Gasteiger partial charge in [0.15, 0.2) is 0 Å². The lowest BCUT2D eigenvalue weighted by atomic mass is 10.1. The molecule has 21 heavy (non-hydrogen) atoms. The van der Waals surface area contributed by atoms with Crippen LogP contribution < -0.4 is 0 Å². The highest BCUT2D eigenvalue weighted by molar-refractivity contribution is 5.94. The number of amides is 1. The number of carbonyl (C=O) groups is 1. The minimum atomic E-state index is -0.386. The van der Waals surface area contributed by atoms with Crippen LogP contribution in [0.15, 0.2) is 30.5 Å². The van der Waals surface area contributed by atoms with Gasteiger partial charge in [0.05, 0.1) is 11.7 Å². The Kier molecular flexibility index (Phi) is 2.77. The van der Waals surface area contributed by atoms with Gasteiger partial charge >= 0.3 is 0 Å². The van der Waals surface area contributed by atoms with Gasteiger partial charge in [-0.15, -0.1) is 5.10 Å². The summed E-state index contributed by atoms with van der Waals surface area (Å²) in [6.45, 7) is 1.20. The lowest BCUT2D eigenvalue weighted by Crippen LogP contribution is -2.50. The maximum Gasteiger partial charge on any atom is 0.254 e. The quantitative estimate of drug-likeness (QED) is 0.867. The Morgan fingerprint density at radius 3 is 2.81 bits per heavy atom. The van der Waals surface area contributed by atoms with Gasteiger partial charge in [-0.1, -0.05) is 11.3 Å². The van der Waals surface area contributed by atoms with Gasteiger partial charge in [0, 0.05) is 30.8 Å². The summed E-state index contributed by atoms with van der Waals surface area (Å²) in [5.41, 5.74) is 1.45. The molecule has 0 radical (unpaired) electrons. The monoisotopic (exact) mass is 286 g/mol. The fourth-order valence-electron chi connectivity index (χ4n) is 2.63. The van der Waals surface area contributed by atoms with Crippen LogP contribution in [0.5, 0.6) is 0 Å². The van der Waals surface area contributed by atoms with Gasteiger partial charge in [0.25, 0.3) is 5.91 Å². The molecule has 1 aromatic heterocycles. The molecule has 1 saturated carbocycles. The van der Waals surface area contributed by atoms with Crippen molar-refractivity contribution >= 4 is 5.91 Å². The zero-order valence-corrected chi connectivity index (χ0v) is 11.4. The van der Waals surface area contributed by atoms with Crippen LogP contribution in [0.2, 0.25) is 0 Å². The molecule has 2 heterocycles. The maximum atomic E-state index is 13.1. The van der Waals surface area contributed by atoms with Crippen molar-refractivity contribution in [3.05, 3.63) is 47.5 Å². The van der Waals surface area contributed by atoms with Crippen LogP contribution in [0.1, 0.15) is 40.9 Å². The molecule has 1 aromatic carbocycles. The lowest BCUT2D eigenvalue weighted by molar-refractivity contribution is 0.0498. The number of hydrogen-bond acceptors (Lipinski definition) is 3. The number of aromatic nitrogens is 3. The average Bonchev–Trinajstić information content (AvgIpc) is 3.17. The second-order valence-corrected chi connectivity index (χ2v) is 5.77. The highest BCUT2D eigenvalue weighted by Crippen LogP contribution is 2.39. The first-order valence-electron chi connectivity index (χ1n) is 7.17. The molecule has 1 aliphatic carbocycles. The summed E-state index contributed by atoms with van der Waals surface area (Å²) in [6.07, 6.45) is 4.40. The van der Waals surface area contributed by atoms with Gasteiger partial charge in [-0.2, -0.15) is 0 Å². The van der Waals surface area contributed by atoms with E-state index in [2.05, 4.69) is 10.3 Å². The molecule has 1 amide bonds. The molecule has 5 nitrogen and oxygen atoms in total. The zero-order chi connectivity index (χ0) is 14.4. The van der Waals surface area contributed by atoms with Gasteiger partial charge in [-0.3, -0.25) is 4.79 Å². The fraction of sp³-hybridized carbons (Fsp3) is 0.400. The molecule has 4 rings (SSSR count). The Balaban J connectivity index is 1.40. The van der Waals surface area contributed by atoms with E-state index in [9.17, 15) is 9.18 Å². The third kappa shape index (κ3) is 2.30. The summed E-state index contributed by atoms with van der Waals surface area (Å²) in [5, 5.41) is 8.33. The zero-order valence-electron chi connectivity index (χ0n) is 11.4. The number of carbonyl (C=O) groups excluding carboxylic acids is 1. The van der Waals surface area contributed by atoms with Gasteiger partial charge in [-0.05, 0) is 31.0 Å². The molecule has 0 atom stereocenters. The fourth-order valence-corrected chi connectivity index (χ4v) is 2.63. The number of nitrogens with zero attached hydrogens (tertiary/aromatic N) is 4. The molecule has 6 heteroatoms. The van der Waals surface area contributed by atoms with Crippen molar-refractivity contribution in [3.63, 3.8) is 0 Å². The largest absolute Gasteiger partial charge is 0.334 e. The van der Waals surface area contributed by atoms with Crippen LogP contribution in [0, 0.1) is 5.82 Å². The third-order valence-electron chi connectivity index (χ3n) is 4.12. The molecular formula is C15H15FN4O. The Bertz CT molecular complexity index is 688. The molecular weight excluding hydrogens is 271 g/mol. The summed E-state index contributed by atoms with van der Waals surface area (Å²) in [5.74, 6) is 0.0698. The van der Waals surface area contributed by atoms with Gasteiger partial charge in [0.1, 0.15) is 5.82 Å². The van der Waals surface area contributed by atoms with Crippen LogP contribution in [0.3, 0.4) is 0 Å². The predicted octanol–water partition coefficient (Wildman–Crippen LogP) is 1.99. The summed E-state index contributed by atoms with van der Waals surface area (Å²) in [6, 6.07) is 5.99. The Morgan fingerprint density at radius 2 is 2.10 bits per heavy atom. The Hall–Kier alpha value is -2.24. The molecule has 0 N–H and O–H groups in total. The van der Waals surface area contributed by atoms with Crippen LogP contribution in [-0.2, 0) is 0 Å². The van der Waals surface area contributed by atoms with E-state index in [1.54, 1.807) is 17.0 Å². The molecule has 108 valence electrons. The van der Waals surface area contributed by atoms with Gasteiger partial charge < -0.3 is 4.90 Å². The number of likely N-dealkylation sites (tertiary alicyclic amines) is 1. The summed E-state index contributed by atoms with van der Waals surface area (Å²) < 4.78 is 15.0. The highest BCUT2D eigenvalue weighted by atomic mass is 19.1. The van der Waals surface area contributed by atoms with Crippen molar-refractivity contribution < 1.29 is 9.18 Å². The number of halogens is 1. The van der Waals surface area contributed by atoms with Gasteiger partial charge in [0.2, 0.25) is 0 Å². The van der Waals surface area contributed by atoms with E-state index in [0.29, 0.717) is 24.6 Å². The second-order valence-electron chi connectivity index (χ2n) is 5.77. The van der Waals surface area contributed by atoms with E-state index in [1.807, 2.05) is 10.9 Å². The SMILES string of the molecule is O=C(c1cccc(F)c1)N1CC(n2cc(C3CC3)nn2)C1. The summed E-state index contributed by atoms with van der Waals surface area (Å²) in [4.78, 5) is 13.9. The van der Waals surface area contributed by atoms with E-state index in [1.165, 1.54) is 25.0 Å². The molecule has 2 aromatic rings. The smallest absolute Gasteiger partial charge is 0.254 e. The van der Waals surface area contributed by atoms with E-state index in [4.69, 9.17) is 0 Å². The van der Waals surface area contributed by atoms with E-state index in [-0.39, 0.29) is 17.8 Å². The van der Waals surface area contributed by atoms with E-state index in [0.717, 1.165) is 5.69 Å². The normalized spacial score (nSPS) is 18.6. The van der Waals surface area contributed by atoms with Crippen LogP contribution >= 0.6 is 0 Å². The molecule has 0 unspecified atom stereocenters. The van der Waals surface area contributed by atoms with Crippen molar-refractivity contribution in [1.29, 1.82) is 0 Å². The van der Waals surface area contributed by atoms with Crippen LogP contribution in [0.25, 0.3) is 0 Å². The van der Waals surface area contributed by atoms with E-state index < -0.39 is 0 Å². The highest BCUT2D eigenvalue weighted by Gasteiger charge is 2.34. The van der Waals surface area contributed by atoms with Crippen molar-refractivity contribution in [2.24, 2.45) is 0 Å². The number of rotatable bonds is 3. The first kappa shape index (κ1) is 12.5. The molecule has 2 aliphatic rings. The molecule has 2 fully saturated rings. The minimum absolute atomic E-state index is 0.131. The molecule has 0 bridgehead atoms. The van der Waals surface area contributed by atoms with Gasteiger partial charge in [-0.25, -0.2) is 9.07 Å². The first-order chi connectivity index (χ1) is 10.2. The number of benzene rings is 1. The Morgan fingerprint density at radius 1 is 1.29 bits per heavy atom. The summed E-state index contributed by atoms with van der Waals surface area (Å²) in [7, 11) is 0. The Labute approximate surface area is 121 Å². The minimum Gasteiger partial charge on any atom is -0.334 e. The topological polar surface area (TPSA) is 51.0 Å². The lowest BCUT2D eigenvalue weighted by Gasteiger charge is -2.38. The van der Waals surface area contributed by atoms with E-state index >= 15 is 0 Å². The average molecular weight is 286 g/mol. The maximum absolute atomic E-state index is 13.1. The van der Waals surface area contributed by atoms with Crippen molar-refractivity contribution in [2.45, 2.75) is 24.8 Å². The van der Waals surface area contributed by atoms with Crippen LogP contribution in [0.4, 0.5) is 4.39 Å². The van der Waals surface area contributed by atoms with Crippen molar-refractivity contribution in [1.82, 2.24) is 19.9 Å². The molecule has 1 saturated heterocycles. The third-order valence-corrected chi connectivity index (χ3v) is 4.12. The standard InChI is InChI=1S/C15H15FN4O/c16-12-3-1-2-11(6-12)15(21)19-7-13(8-19)20-9-14(17-18-20)10-4-5-10/h1-3,6,9-10,13H,4-5,7-8H2.